The van der Waals surface area contributed by atoms with E-state index in [1.54, 1.807) is 13.0 Å². The van der Waals surface area contributed by atoms with Crippen molar-refractivity contribution >= 4 is 15.7 Å². The Hall–Kier alpha value is -2.02. The smallest absolute Gasteiger partial charge is 0.265 e. The number of anilines is 1. The van der Waals surface area contributed by atoms with Crippen LogP contribution in [-0.4, -0.2) is 23.7 Å². The van der Waals surface area contributed by atoms with Gasteiger partial charge in [-0.3, -0.25) is 9.82 Å². The minimum absolute atomic E-state index is 0.109. The van der Waals surface area contributed by atoms with Gasteiger partial charge in [-0.2, -0.15) is 5.10 Å². The van der Waals surface area contributed by atoms with Crippen LogP contribution < -0.4 is 4.72 Å². The third-order valence-electron chi connectivity index (χ3n) is 4.65. The van der Waals surface area contributed by atoms with Gasteiger partial charge in [0, 0.05) is 5.92 Å². The van der Waals surface area contributed by atoms with Crippen LogP contribution in [0.1, 0.15) is 69.3 Å². The van der Waals surface area contributed by atoms with E-state index in [4.69, 9.17) is 0 Å². The van der Waals surface area contributed by atoms with Gasteiger partial charge in [0.15, 0.2) is 0 Å². The molecule has 25 heavy (non-hydrogen) atoms. The first-order valence-electron chi connectivity index (χ1n) is 8.61. The Morgan fingerprint density at radius 1 is 1.20 bits per heavy atom. The topological polar surface area (TPSA) is 95.1 Å². The van der Waals surface area contributed by atoms with Gasteiger partial charge in [-0.15, -0.1) is 0 Å². The summed E-state index contributed by atoms with van der Waals surface area (Å²) in [6, 6.07) is 4.52. The number of H-pyrrole nitrogens is 1. The Morgan fingerprint density at radius 2 is 1.84 bits per heavy atom. The highest BCUT2D eigenvalue weighted by Gasteiger charge is 2.26. The van der Waals surface area contributed by atoms with E-state index < -0.39 is 10.0 Å². The van der Waals surface area contributed by atoms with Crippen molar-refractivity contribution in [2.45, 2.75) is 64.2 Å². The van der Waals surface area contributed by atoms with Crippen LogP contribution in [0.3, 0.4) is 0 Å². The van der Waals surface area contributed by atoms with Crippen LogP contribution in [0.4, 0.5) is 5.69 Å². The molecule has 7 heteroatoms. The molecule has 6 nitrogen and oxygen atoms in total. The van der Waals surface area contributed by atoms with E-state index in [1.165, 1.54) is 12.1 Å². The van der Waals surface area contributed by atoms with Crippen molar-refractivity contribution in [2.24, 2.45) is 0 Å². The lowest BCUT2D eigenvalue weighted by Crippen LogP contribution is -2.16. The maximum absolute atomic E-state index is 12.9. The fraction of sp³-hybridized carbons (Fsp3) is 0.500. The Balaban J connectivity index is 2.54. The molecule has 138 valence electrons. The standard InChI is InChI=1S/C18H27N3O3S/c1-6-12(4)16-18(17(20-19-16)13(5)7-2)21-25(23,24)15-10-11(3)8-9-14(15)22/h8-10,12-13,21-22H,6-7H2,1-5H3,(H,19,20). The first-order chi connectivity index (χ1) is 11.7. The van der Waals surface area contributed by atoms with Gasteiger partial charge in [-0.1, -0.05) is 33.8 Å². The molecule has 1 heterocycles. The summed E-state index contributed by atoms with van der Waals surface area (Å²) in [6.07, 6.45) is 1.70. The quantitative estimate of drug-likeness (QED) is 0.683. The number of benzene rings is 1. The lowest BCUT2D eigenvalue weighted by atomic mass is 9.99. The highest BCUT2D eigenvalue weighted by Crippen LogP contribution is 2.35. The highest BCUT2D eigenvalue weighted by atomic mass is 32.2. The largest absolute Gasteiger partial charge is 0.507 e. The maximum atomic E-state index is 12.9. The molecule has 0 saturated carbocycles. The number of nitrogens with one attached hydrogen (secondary N) is 2. The van der Waals surface area contributed by atoms with Crippen molar-refractivity contribution in [3.8, 4) is 5.75 Å². The summed E-state index contributed by atoms with van der Waals surface area (Å²) in [5, 5.41) is 17.4. The predicted molar refractivity (Wildman–Crippen MR) is 99.7 cm³/mol. The monoisotopic (exact) mass is 365 g/mol. The molecule has 0 aliphatic heterocycles. The van der Waals surface area contributed by atoms with E-state index in [0.29, 0.717) is 11.4 Å². The van der Waals surface area contributed by atoms with E-state index >= 15 is 0 Å². The minimum Gasteiger partial charge on any atom is -0.507 e. The van der Waals surface area contributed by atoms with Gasteiger partial charge in [0.05, 0.1) is 17.1 Å². The molecule has 2 atom stereocenters. The molecule has 0 radical (unpaired) electrons. The van der Waals surface area contributed by atoms with Gasteiger partial charge >= 0.3 is 0 Å². The molecule has 0 aliphatic rings. The molecule has 2 rings (SSSR count). The Morgan fingerprint density at radius 3 is 2.44 bits per heavy atom. The van der Waals surface area contributed by atoms with Gasteiger partial charge in [-0.25, -0.2) is 8.42 Å². The summed E-state index contributed by atoms with van der Waals surface area (Å²) in [6.45, 7) is 9.89. The molecular weight excluding hydrogens is 338 g/mol. The van der Waals surface area contributed by atoms with Crippen LogP contribution in [0.25, 0.3) is 0 Å². The van der Waals surface area contributed by atoms with Crippen LogP contribution >= 0.6 is 0 Å². The van der Waals surface area contributed by atoms with Crippen LogP contribution in [0, 0.1) is 6.92 Å². The van der Waals surface area contributed by atoms with Crippen LogP contribution in [0.2, 0.25) is 0 Å². The first kappa shape index (κ1) is 19.3. The number of phenolic OH excluding ortho intramolecular Hbond substituents is 1. The number of aromatic hydroxyl groups is 1. The number of aromatic amines is 1. The number of hydrogen-bond acceptors (Lipinski definition) is 4. The van der Waals surface area contributed by atoms with Crippen LogP contribution in [-0.2, 0) is 10.0 Å². The molecule has 0 bridgehead atoms. The van der Waals surface area contributed by atoms with E-state index in [-0.39, 0.29) is 22.5 Å². The minimum atomic E-state index is -3.92. The number of hydrogen-bond donors (Lipinski definition) is 3. The fourth-order valence-corrected chi connectivity index (χ4v) is 3.89. The third-order valence-corrected chi connectivity index (χ3v) is 6.03. The lowest BCUT2D eigenvalue weighted by molar-refractivity contribution is 0.459. The van der Waals surface area contributed by atoms with Crippen molar-refractivity contribution in [2.75, 3.05) is 4.72 Å². The second-order valence-electron chi connectivity index (χ2n) is 6.59. The Bertz CT molecular complexity index is 816. The molecule has 2 unspecified atom stereocenters. The third kappa shape index (κ3) is 3.98. The van der Waals surface area contributed by atoms with Crippen molar-refractivity contribution in [1.29, 1.82) is 0 Å². The lowest BCUT2D eigenvalue weighted by Gasteiger charge is -2.16. The maximum Gasteiger partial charge on any atom is 0.265 e. The normalized spacial score (nSPS) is 14.3. The van der Waals surface area contributed by atoms with Crippen molar-refractivity contribution in [1.82, 2.24) is 10.2 Å². The molecule has 0 aliphatic carbocycles. The van der Waals surface area contributed by atoms with Gasteiger partial charge in [0.25, 0.3) is 10.0 Å². The van der Waals surface area contributed by atoms with Crippen LogP contribution in [0.15, 0.2) is 23.1 Å². The fourth-order valence-electron chi connectivity index (χ4n) is 2.61. The molecule has 0 amide bonds. The second kappa shape index (κ2) is 7.47. The van der Waals surface area contributed by atoms with Crippen LogP contribution in [0.5, 0.6) is 5.75 Å². The van der Waals surface area contributed by atoms with Gasteiger partial charge < -0.3 is 5.11 Å². The van der Waals surface area contributed by atoms with Gasteiger partial charge in [0.2, 0.25) is 0 Å². The van der Waals surface area contributed by atoms with Gasteiger partial charge in [-0.05, 0) is 43.4 Å². The molecule has 0 fully saturated rings. The molecule has 3 N–H and O–H groups in total. The van der Waals surface area contributed by atoms with E-state index in [9.17, 15) is 13.5 Å². The Labute approximate surface area is 149 Å². The number of sulfonamides is 1. The molecule has 0 saturated heterocycles. The predicted octanol–water partition coefficient (Wildman–Crippen LogP) is 4.25. The summed E-state index contributed by atoms with van der Waals surface area (Å²) in [5.41, 5.74) is 2.74. The number of aromatic nitrogens is 2. The number of nitrogens with zero attached hydrogens (tertiary/aromatic N) is 1. The summed E-state index contributed by atoms with van der Waals surface area (Å²) >= 11 is 0. The zero-order valence-electron chi connectivity index (χ0n) is 15.4. The highest BCUT2D eigenvalue weighted by molar-refractivity contribution is 7.92. The zero-order chi connectivity index (χ0) is 18.8. The average Bonchev–Trinajstić information content (AvgIpc) is 2.98. The van der Waals surface area contributed by atoms with Gasteiger partial charge in [0.1, 0.15) is 10.6 Å². The molecule has 0 spiro atoms. The summed E-state index contributed by atoms with van der Waals surface area (Å²) in [5.74, 6) is -0.0243. The average molecular weight is 365 g/mol. The van der Waals surface area contributed by atoms with Crippen molar-refractivity contribution < 1.29 is 13.5 Å². The Kier molecular flexibility index (Phi) is 5.77. The summed E-state index contributed by atoms with van der Waals surface area (Å²) < 4.78 is 28.4. The van der Waals surface area contributed by atoms with E-state index in [2.05, 4.69) is 14.9 Å². The molecule has 1 aromatic carbocycles. The SMILES string of the molecule is CCC(C)c1n[nH]c(C(C)CC)c1NS(=O)(=O)c1cc(C)ccc1O. The zero-order valence-corrected chi connectivity index (χ0v) is 16.2. The summed E-state index contributed by atoms with van der Waals surface area (Å²) in [4.78, 5) is -0.126. The number of aryl methyl sites for hydroxylation is 1. The molecule has 2 aromatic rings. The second-order valence-corrected chi connectivity index (χ2v) is 8.24. The van der Waals surface area contributed by atoms with Crippen molar-refractivity contribution in [3.63, 3.8) is 0 Å². The van der Waals surface area contributed by atoms with Crippen molar-refractivity contribution in [3.05, 3.63) is 35.2 Å². The molecule has 1 aromatic heterocycles. The first-order valence-corrected chi connectivity index (χ1v) is 10.1. The summed E-state index contributed by atoms with van der Waals surface area (Å²) in [7, 11) is -3.92. The van der Waals surface area contributed by atoms with E-state index in [0.717, 1.165) is 24.1 Å². The molecular formula is C18H27N3O3S. The number of phenols is 1. The number of rotatable bonds is 7. The van der Waals surface area contributed by atoms with E-state index in [1.807, 2.05) is 27.7 Å².